The number of hydrogen-bond donors (Lipinski definition) is 3. The number of ether oxygens (including phenoxy) is 4. The van der Waals surface area contributed by atoms with Crippen LogP contribution in [-0.2, 0) is 35.8 Å². The smallest absolute Gasteiger partial charge is 0.244 e. The van der Waals surface area contributed by atoms with E-state index in [2.05, 4.69) is 31.6 Å². The van der Waals surface area contributed by atoms with Gasteiger partial charge >= 0.3 is 0 Å². The van der Waals surface area contributed by atoms with Crippen LogP contribution in [0.3, 0.4) is 0 Å². The summed E-state index contributed by atoms with van der Waals surface area (Å²) >= 11 is 0. The van der Waals surface area contributed by atoms with Crippen molar-refractivity contribution in [1.82, 2.24) is 24.0 Å². The Labute approximate surface area is 302 Å². The second-order valence-electron chi connectivity index (χ2n) is 12.1. The van der Waals surface area contributed by atoms with Crippen LogP contribution in [0.5, 0.6) is 23.0 Å². The first-order valence-corrected chi connectivity index (χ1v) is 16.4. The summed E-state index contributed by atoms with van der Waals surface area (Å²) in [5.41, 5.74) is 12.6. The lowest BCUT2D eigenvalue weighted by Crippen LogP contribution is -2.19. The molecule has 4 aromatic carbocycles. The molecule has 4 N–H and O–H groups in total. The van der Waals surface area contributed by atoms with Crippen molar-refractivity contribution in [2.75, 3.05) is 53.2 Å². The van der Waals surface area contributed by atoms with Gasteiger partial charge in [0, 0.05) is 60.9 Å². The van der Waals surface area contributed by atoms with Gasteiger partial charge in [-0.25, -0.2) is 9.97 Å². The number of nitrogens with zero attached hydrogens (tertiary/aromatic N) is 5. The molecule has 52 heavy (non-hydrogen) atoms. The van der Waals surface area contributed by atoms with E-state index in [-0.39, 0.29) is 24.9 Å². The van der Waals surface area contributed by atoms with Gasteiger partial charge in [-0.05, 0) is 37.4 Å². The maximum Gasteiger partial charge on any atom is 0.244 e. The third-order valence-corrected chi connectivity index (χ3v) is 8.05. The number of carbonyl (C=O) groups is 2. The minimum Gasteiger partial charge on any atom is -0.497 e. The molecule has 6 rings (SSSR count). The molecule has 6 aromatic rings. The zero-order valence-electron chi connectivity index (χ0n) is 30.2. The van der Waals surface area contributed by atoms with E-state index in [4.69, 9.17) is 24.7 Å². The molecule has 0 fully saturated rings. The largest absolute Gasteiger partial charge is 0.497 e. The maximum atomic E-state index is 12.6. The van der Waals surface area contributed by atoms with Crippen LogP contribution in [0.2, 0.25) is 0 Å². The van der Waals surface area contributed by atoms with Gasteiger partial charge in [0.25, 0.3) is 0 Å². The zero-order chi connectivity index (χ0) is 37.2. The van der Waals surface area contributed by atoms with E-state index in [0.29, 0.717) is 40.9 Å². The number of anilines is 2. The molecule has 0 aliphatic rings. The van der Waals surface area contributed by atoms with Crippen LogP contribution >= 0.6 is 0 Å². The molecule has 0 unspecified atom stereocenters. The van der Waals surface area contributed by atoms with Crippen LogP contribution in [0.4, 0.5) is 11.4 Å². The van der Waals surface area contributed by atoms with Crippen LogP contribution in [0.15, 0.2) is 85.5 Å². The molecule has 2 aromatic heterocycles. The van der Waals surface area contributed by atoms with Crippen LogP contribution in [0.1, 0.15) is 11.1 Å². The molecular formula is C38H44N8O6. The van der Waals surface area contributed by atoms with Crippen LogP contribution in [0, 0.1) is 0 Å². The Morgan fingerprint density at radius 3 is 1.44 bits per heavy atom. The first-order valence-electron chi connectivity index (χ1n) is 16.4. The van der Waals surface area contributed by atoms with E-state index >= 15 is 0 Å². The molecule has 0 spiro atoms. The summed E-state index contributed by atoms with van der Waals surface area (Å²) in [6.07, 6.45) is 3.35. The summed E-state index contributed by atoms with van der Waals surface area (Å²) in [6.45, 7) is 1.46. The molecular weight excluding hydrogens is 664 g/mol. The van der Waals surface area contributed by atoms with Crippen molar-refractivity contribution >= 4 is 45.3 Å². The van der Waals surface area contributed by atoms with Crippen molar-refractivity contribution in [1.29, 1.82) is 0 Å². The number of para-hydroxylation sites is 2. The number of nitrogens with two attached hydrogens (primary N) is 1. The molecule has 2 heterocycles. The van der Waals surface area contributed by atoms with Gasteiger partial charge in [0.1, 0.15) is 36.1 Å². The minimum absolute atomic E-state index is 0.132. The average Bonchev–Trinajstić information content (AvgIpc) is 3.75. The number of benzene rings is 4. The van der Waals surface area contributed by atoms with Crippen LogP contribution in [-0.4, -0.2) is 78.4 Å². The number of nitrogens with one attached hydrogen (secondary N) is 2. The molecule has 2 amide bonds. The fraction of sp³-hybridized carbons (Fsp3) is 0.263. The molecule has 0 saturated heterocycles. The molecule has 0 atom stereocenters. The molecule has 272 valence electrons. The highest BCUT2D eigenvalue weighted by Crippen LogP contribution is 2.27. The summed E-state index contributed by atoms with van der Waals surface area (Å²) in [5, 5.41) is 5.75. The summed E-state index contributed by atoms with van der Waals surface area (Å²) in [7, 11) is 10.3. The fourth-order valence-corrected chi connectivity index (χ4v) is 5.75. The predicted octanol–water partition coefficient (Wildman–Crippen LogP) is 4.90. The number of amides is 2. The Kier molecular flexibility index (Phi) is 12.3. The fourth-order valence-electron chi connectivity index (χ4n) is 5.75. The van der Waals surface area contributed by atoms with Gasteiger partial charge in [-0.3, -0.25) is 9.59 Å². The molecule has 14 heteroatoms. The normalized spacial score (nSPS) is 10.8. The highest BCUT2D eigenvalue weighted by atomic mass is 16.5. The third-order valence-electron chi connectivity index (χ3n) is 8.05. The number of rotatable bonds is 13. The molecule has 0 bridgehead atoms. The van der Waals surface area contributed by atoms with Crippen molar-refractivity contribution in [3.05, 3.63) is 96.6 Å². The zero-order valence-corrected chi connectivity index (χ0v) is 30.2. The summed E-state index contributed by atoms with van der Waals surface area (Å²) in [6, 6.07) is 22.2. The van der Waals surface area contributed by atoms with Gasteiger partial charge in [0.15, 0.2) is 0 Å². The number of methoxy groups -OCH3 is 4. The Bertz CT molecular complexity index is 2110. The number of carbonyl (C=O) groups excluding carboxylic acids is 2. The highest BCUT2D eigenvalue weighted by molar-refractivity contribution is 5.93. The Morgan fingerprint density at radius 1 is 0.654 bits per heavy atom. The Balaban J connectivity index is 0.000000202. The molecule has 0 aliphatic carbocycles. The minimum atomic E-state index is -0.179. The maximum absolute atomic E-state index is 12.6. The molecule has 0 radical (unpaired) electrons. The monoisotopic (exact) mass is 708 g/mol. The third kappa shape index (κ3) is 9.15. The standard InChI is InChI=1S/C20H24N4O3.C18H20N4O3/c1-23(2)11-14-6-5-7-18-20(14)24(13-21-18)12-19(25)22-15-8-16(26-3)10-17(9-15)27-4;1-24-14-6-13(7-15(8-14)25-2)21-17(23)10-22-11-20-16-5-3-4-12(9-19)18(16)22/h5-10,13H,11-12H2,1-4H3,(H,22,25);3-8,11H,9-10,19H2,1-2H3,(H,21,23). The first-order chi connectivity index (χ1) is 25.1. The topological polar surface area (TPSA) is 160 Å². The van der Waals surface area contributed by atoms with Crippen LogP contribution < -0.4 is 35.3 Å². The van der Waals surface area contributed by atoms with E-state index in [9.17, 15) is 9.59 Å². The van der Waals surface area contributed by atoms with Crippen molar-refractivity contribution in [2.45, 2.75) is 26.2 Å². The number of fused-ring (bicyclic) bond motifs is 2. The van der Waals surface area contributed by atoms with Crippen molar-refractivity contribution < 1.29 is 28.5 Å². The lowest BCUT2D eigenvalue weighted by Gasteiger charge is -2.13. The Morgan fingerprint density at radius 2 is 1.06 bits per heavy atom. The second kappa shape index (κ2) is 17.2. The van der Waals surface area contributed by atoms with Crippen molar-refractivity contribution in [3.8, 4) is 23.0 Å². The quantitative estimate of drug-likeness (QED) is 0.151. The highest BCUT2D eigenvalue weighted by Gasteiger charge is 2.14. The molecule has 14 nitrogen and oxygen atoms in total. The van der Waals surface area contributed by atoms with E-state index in [1.165, 1.54) is 0 Å². The van der Waals surface area contributed by atoms with Gasteiger partial charge in [-0.2, -0.15) is 0 Å². The van der Waals surface area contributed by atoms with E-state index in [1.54, 1.807) is 82.1 Å². The first kappa shape index (κ1) is 37.1. The lowest BCUT2D eigenvalue weighted by molar-refractivity contribution is -0.117. The van der Waals surface area contributed by atoms with Gasteiger partial charge in [0.05, 0.1) is 63.2 Å². The van der Waals surface area contributed by atoms with Gasteiger partial charge in [-0.15, -0.1) is 0 Å². The molecule has 0 saturated carbocycles. The second-order valence-corrected chi connectivity index (χ2v) is 12.1. The summed E-state index contributed by atoms with van der Waals surface area (Å²) in [4.78, 5) is 35.9. The molecule has 0 aliphatic heterocycles. The average molecular weight is 709 g/mol. The van der Waals surface area contributed by atoms with Crippen molar-refractivity contribution in [3.63, 3.8) is 0 Å². The SMILES string of the molecule is COc1cc(NC(=O)Cn2cnc3cccc(CN(C)C)c32)cc(OC)c1.COc1cc(NC(=O)Cn2cnc3cccc(CN)c32)cc(OC)c1. The van der Waals surface area contributed by atoms with E-state index in [0.717, 1.165) is 39.7 Å². The lowest BCUT2D eigenvalue weighted by atomic mass is 10.1. The number of aromatic nitrogens is 4. The van der Waals surface area contributed by atoms with Crippen LogP contribution in [0.25, 0.3) is 22.1 Å². The summed E-state index contributed by atoms with van der Waals surface area (Å²) in [5.74, 6) is 2.11. The van der Waals surface area contributed by atoms with E-state index in [1.807, 2.05) is 49.0 Å². The number of imidazole rings is 2. The van der Waals surface area contributed by atoms with Gasteiger partial charge in [0.2, 0.25) is 11.8 Å². The Hall–Kier alpha value is -6.12. The van der Waals surface area contributed by atoms with E-state index < -0.39 is 0 Å². The van der Waals surface area contributed by atoms with Gasteiger partial charge < -0.3 is 49.3 Å². The summed E-state index contributed by atoms with van der Waals surface area (Å²) < 4.78 is 24.6. The number of hydrogen-bond acceptors (Lipinski definition) is 10. The van der Waals surface area contributed by atoms with Crippen molar-refractivity contribution in [2.24, 2.45) is 5.73 Å². The predicted molar refractivity (Wildman–Crippen MR) is 201 cm³/mol. The van der Waals surface area contributed by atoms with Gasteiger partial charge in [-0.1, -0.05) is 24.3 Å².